The van der Waals surface area contributed by atoms with E-state index < -0.39 is 4.92 Å². The molecule has 19 heavy (non-hydrogen) atoms. The van der Waals surface area contributed by atoms with Crippen LogP contribution in [0.1, 0.15) is 39.5 Å². The quantitative estimate of drug-likeness (QED) is 0.665. The van der Waals surface area contributed by atoms with E-state index in [4.69, 9.17) is 0 Å². The van der Waals surface area contributed by atoms with E-state index in [1.54, 1.807) is 12.1 Å². The number of nitro groups is 1. The first kappa shape index (κ1) is 13.8. The number of aromatic nitrogens is 1. The average molecular weight is 263 g/mol. The zero-order valence-corrected chi connectivity index (χ0v) is 11.5. The second-order valence-electron chi connectivity index (χ2n) is 5.57. The van der Waals surface area contributed by atoms with E-state index in [2.05, 4.69) is 24.1 Å². The number of anilines is 1. The number of nitrogens with one attached hydrogen (secondary N) is 1. The maximum Gasteiger partial charge on any atom is 0.386 e. The molecule has 1 aliphatic rings. The Hall–Kier alpha value is -1.65. The van der Waals surface area contributed by atoms with Crippen molar-refractivity contribution in [3.8, 4) is 0 Å². The van der Waals surface area contributed by atoms with Crippen LogP contribution in [-0.4, -0.2) is 15.9 Å². The lowest BCUT2D eigenvalue weighted by atomic mass is 9.78. The molecule has 0 spiro atoms. The van der Waals surface area contributed by atoms with Gasteiger partial charge in [0.25, 0.3) is 0 Å². The topological polar surface area (TPSA) is 68.1 Å². The molecule has 1 aliphatic carbocycles. The van der Waals surface area contributed by atoms with Gasteiger partial charge in [0.05, 0.1) is 0 Å². The molecule has 2 rings (SSSR count). The highest BCUT2D eigenvalue weighted by atomic mass is 16.6. The van der Waals surface area contributed by atoms with Gasteiger partial charge in [0.2, 0.25) is 0 Å². The number of hydrogen-bond donors (Lipinski definition) is 1. The summed E-state index contributed by atoms with van der Waals surface area (Å²) in [6.07, 6.45) is 6.19. The van der Waals surface area contributed by atoms with E-state index in [9.17, 15) is 10.1 Å². The molecule has 0 amide bonds. The Morgan fingerprint density at radius 2 is 2.16 bits per heavy atom. The van der Waals surface area contributed by atoms with Crippen LogP contribution in [0.2, 0.25) is 0 Å². The maximum absolute atomic E-state index is 11.0. The maximum atomic E-state index is 11.0. The van der Waals surface area contributed by atoms with Crippen molar-refractivity contribution >= 4 is 11.5 Å². The molecule has 5 heteroatoms. The van der Waals surface area contributed by atoms with Crippen molar-refractivity contribution in [2.24, 2.45) is 11.8 Å². The molecule has 1 N–H and O–H groups in total. The predicted octanol–water partition coefficient (Wildman–Crippen LogP) is 3.62. The summed E-state index contributed by atoms with van der Waals surface area (Å²) < 4.78 is 0. The molecule has 1 fully saturated rings. The van der Waals surface area contributed by atoms with Crippen LogP contribution in [0.4, 0.5) is 11.5 Å². The summed E-state index contributed by atoms with van der Waals surface area (Å²) in [5.74, 6) is 1.10. The van der Waals surface area contributed by atoms with Gasteiger partial charge in [-0.15, -0.1) is 0 Å². The third-order valence-corrected chi connectivity index (χ3v) is 3.98. The van der Waals surface area contributed by atoms with E-state index in [1.165, 1.54) is 25.5 Å². The summed E-state index contributed by atoms with van der Waals surface area (Å²) >= 11 is 0. The lowest BCUT2D eigenvalue weighted by molar-refractivity contribution is -0.388. The highest BCUT2D eigenvalue weighted by Gasteiger charge is 2.29. The van der Waals surface area contributed by atoms with Crippen molar-refractivity contribution in [3.63, 3.8) is 0 Å². The summed E-state index contributed by atoms with van der Waals surface area (Å²) in [7, 11) is 0. The molecule has 0 saturated heterocycles. The third kappa shape index (κ3) is 3.22. The zero-order chi connectivity index (χ0) is 13.8. The standard InChI is InChI=1S/C14H21N3O2/c1-10(2)11-6-3-4-7-12(11)16-13-8-5-9-15-14(13)17(18)19/h5,8-12,16H,3-4,6-7H2,1-2H3. The van der Waals surface area contributed by atoms with Crippen LogP contribution in [0.5, 0.6) is 0 Å². The first-order valence-corrected chi connectivity index (χ1v) is 6.95. The van der Waals surface area contributed by atoms with Gasteiger partial charge in [0, 0.05) is 6.04 Å². The SMILES string of the molecule is CC(C)C1CCCCC1Nc1cccnc1[N+](=O)[O-]. The summed E-state index contributed by atoms with van der Waals surface area (Å²) in [4.78, 5) is 14.4. The predicted molar refractivity (Wildman–Crippen MR) is 75.1 cm³/mol. The molecule has 0 radical (unpaired) electrons. The molecule has 0 aliphatic heterocycles. The molecule has 0 bridgehead atoms. The first-order valence-electron chi connectivity index (χ1n) is 6.95. The fourth-order valence-corrected chi connectivity index (χ4v) is 2.99. The molecule has 2 unspecified atom stereocenters. The van der Waals surface area contributed by atoms with Crippen molar-refractivity contribution in [3.05, 3.63) is 28.4 Å². The van der Waals surface area contributed by atoms with Crippen LogP contribution in [0.3, 0.4) is 0 Å². The summed E-state index contributed by atoms with van der Waals surface area (Å²) in [5, 5.41) is 14.3. The van der Waals surface area contributed by atoms with Gasteiger partial charge in [-0.25, -0.2) is 0 Å². The average Bonchev–Trinajstić information content (AvgIpc) is 2.39. The number of rotatable bonds is 4. The van der Waals surface area contributed by atoms with Crippen LogP contribution in [0.15, 0.2) is 18.3 Å². The van der Waals surface area contributed by atoms with Crippen molar-refractivity contribution in [2.75, 3.05) is 5.32 Å². The molecule has 2 atom stereocenters. The van der Waals surface area contributed by atoms with Gasteiger partial charge in [-0.05, 0) is 46.7 Å². The molecule has 1 saturated carbocycles. The highest BCUT2D eigenvalue weighted by molar-refractivity contribution is 5.57. The number of pyridine rings is 1. The van der Waals surface area contributed by atoms with Gasteiger partial charge in [-0.2, -0.15) is 0 Å². The molecule has 104 valence electrons. The Labute approximate surface area is 113 Å². The first-order chi connectivity index (χ1) is 9.09. The van der Waals surface area contributed by atoms with E-state index in [0.29, 0.717) is 23.6 Å². The van der Waals surface area contributed by atoms with Crippen LogP contribution in [0, 0.1) is 22.0 Å². The van der Waals surface area contributed by atoms with Crippen molar-refractivity contribution in [1.82, 2.24) is 4.98 Å². The Bertz CT molecular complexity index is 448. The molecule has 1 heterocycles. The van der Waals surface area contributed by atoms with Crippen LogP contribution in [-0.2, 0) is 0 Å². The van der Waals surface area contributed by atoms with Crippen LogP contribution >= 0.6 is 0 Å². The lowest BCUT2D eigenvalue weighted by Crippen LogP contribution is -2.35. The Balaban J connectivity index is 2.17. The Morgan fingerprint density at radius 3 is 2.84 bits per heavy atom. The van der Waals surface area contributed by atoms with E-state index >= 15 is 0 Å². The second kappa shape index (κ2) is 5.99. The molecule has 1 aromatic rings. The van der Waals surface area contributed by atoms with Gasteiger partial charge < -0.3 is 15.4 Å². The molecular formula is C14H21N3O2. The van der Waals surface area contributed by atoms with Crippen molar-refractivity contribution in [2.45, 2.75) is 45.6 Å². The summed E-state index contributed by atoms with van der Waals surface area (Å²) in [6, 6.07) is 3.80. The monoisotopic (exact) mass is 263 g/mol. The number of nitrogens with zero attached hydrogens (tertiary/aromatic N) is 2. The fourth-order valence-electron chi connectivity index (χ4n) is 2.99. The van der Waals surface area contributed by atoms with Gasteiger partial charge in [-0.1, -0.05) is 26.7 Å². The largest absolute Gasteiger partial charge is 0.386 e. The van der Waals surface area contributed by atoms with Crippen molar-refractivity contribution < 1.29 is 4.92 Å². The van der Waals surface area contributed by atoms with E-state index in [1.807, 2.05) is 0 Å². The van der Waals surface area contributed by atoms with Crippen molar-refractivity contribution in [1.29, 1.82) is 0 Å². The third-order valence-electron chi connectivity index (χ3n) is 3.98. The Morgan fingerprint density at radius 1 is 1.42 bits per heavy atom. The molecular weight excluding hydrogens is 242 g/mol. The van der Waals surface area contributed by atoms with Gasteiger partial charge in [0.1, 0.15) is 11.9 Å². The fraction of sp³-hybridized carbons (Fsp3) is 0.643. The smallest absolute Gasteiger partial charge is 0.375 e. The van der Waals surface area contributed by atoms with Gasteiger partial charge >= 0.3 is 5.82 Å². The number of hydrogen-bond acceptors (Lipinski definition) is 4. The second-order valence-corrected chi connectivity index (χ2v) is 5.57. The highest BCUT2D eigenvalue weighted by Crippen LogP contribution is 2.33. The normalized spacial score (nSPS) is 23.3. The van der Waals surface area contributed by atoms with Gasteiger partial charge in [-0.3, -0.25) is 0 Å². The minimum Gasteiger partial charge on any atom is -0.375 e. The van der Waals surface area contributed by atoms with Gasteiger partial charge in [0.15, 0.2) is 0 Å². The van der Waals surface area contributed by atoms with Crippen LogP contribution in [0.25, 0.3) is 0 Å². The zero-order valence-electron chi connectivity index (χ0n) is 11.5. The molecule has 5 nitrogen and oxygen atoms in total. The van der Waals surface area contributed by atoms with E-state index in [-0.39, 0.29) is 5.82 Å². The molecule has 0 aromatic carbocycles. The van der Waals surface area contributed by atoms with E-state index in [0.717, 1.165) is 6.42 Å². The molecule has 1 aromatic heterocycles. The lowest BCUT2D eigenvalue weighted by Gasteiger charge is -2.35. The minimum atomic E-state index is -0.421. The minimum absolute atomic E-state index is 0.0735. The summed E-state index contributed by atoms with van der Waals surface area (Å²) in [5.41, 5.74) is 0.546. The van der Waals surface area contributed by atoms with Crippen LogP contribution < -0.4 is 5.32 Å². The summed E-state index contributed by atoms with van der Waals surface area (Å²) in [6.45, 7) is 4.45. The Kier molecular flexibility index (Phi) is 4.35.